The van der Waals surface area contributed by atoms with Gasteiger partial charge in [-0.25, -0.2) is 17.2 Å². The SMILES string of the molecule is CCc1ccc2c(c1)-c1cc(c(F)cc1F)NS(=O)(=O)c1cc(cc(Br)c1O)C(=O)N(C)C[C@H](C)O2. The summed E-state index contributed by atoms with van der Waals surface area (Å²) in [7, 11) is -3.08. The molecule has 0 saturated heterocycles. The van der Waals surface area contributed by atoms with Gasteiger partial charge in [-0.1, -0.05) is 13.0 Å². The number of anilines is 1. The third-order valence-corrected chi connectivity index (χ3v) is 7.80. The normalized spacial score (nSPS) is 17.3. The number of likely N-dealkylation sites (N-methyl/N-ethyl adjacent to an activating group) is 1. The number of ether oxygens (including phenoxy) is 1. The highest BCUT2D eigenvalue weighted by atomic mass is 79.9. The average Bonchev–Trinajstić information content (AvgIpc) is 2.81. The number of hydrogen-bond donors (Lipinski definition) is 2. The van der Waals surface area contributed by atoms with Gasteiger partial charge < -0.3 is 14.7 Å². The summed E-state index contributed by atoms with van der Waals surface area (Å²) in [4.78, 5) is 13.8. The van der Waals surface area contributed by atoms with Gasteiger partial charge in [0, 0.05) is 29.8 Å². The zero-order valence-electron chi connectivity index (χ0n) is 19.6. The first-order chi connectivity index (χ1) is 16.9. The van der Waals surface area contributed by atoms with E-state index in [1.165, 1.54) is 18.0 Å². The van der Waals surface area contributed by atoms with Crippen molar-refractivity contribution in [2.75, 3.05) is 18.3 Å². The Morgan fingerprint density at radius 2 is 1.86 bits per heavy atom. The Kier molecular flexibility index (Phi) is 6.98. The van der Waals surface area contributed by atoms with Gasteiger partial charge in [-0.2, -0.15) is 0 Å². The van der Waals surface area contributed by atoms with E-state index in [0.717, 1.165) is 17.7 Å². The minimum absolute atomic E-state index is 0.0297. The van der Waals surface area contributed by atoms with Crippen molar-refractivity contribution >= 4 is 37.5 Å². The molecule has 1 amide bonds. The number of fused-ring (bicyclic) bond motifs is 6. The van der Waals surface area contributed by atoms with Gasteiger partial charge in [-0.3, -0.25) is 9.52 Å². The quantitative estimate of drug-likeness (QED) is 0.406. The van der Waals surface area contributed by atoms with Crippen LogP contribution in [0, 0.1) is 11.6 Å². The number of rotatable bonds is 1. The predicted octanol–water partition coefficient (Wildman–Crippen LogP) is 5.32. The molecule has 1 aliphatic heterocycles. The molecule has 0 spiro atoms. The van der Waals surface area contributed by atoms with Crippen LogP contribution in [0.15, 0.2) is 51.8 Å². The molecule has 4 bridgehead atoms. The molecule has 0 saturated carbocycles. The van der Waals surface area contributed by atoms with Crippen LogP contribution in [0.1, 0.15) is 29.8 Å². The Balaban J connectivity index is 1.99. The lowest BCUT2D eigenvalue weighted by molar-refractivity contribution is 0.0727. The number of amides is 1. The van der Waals surface area contributed by atoms with Crippen LogP contribution in [0.25, 0.3) is 11.1 Å². The Bertz CT molecular complexity index is 1480. The van der Waals surface area contributed by atoms with E-state index < -0.39 is 50.0 Å². The Labute approximate surface area is 215 Å². The summed E-state index contributed by atoms with van der Waals surface area (Å²) in [5.41, 5.74) is 0.510. The maximum absolute atomic E-state index is 15.0. The summed E-state index contributed by atoms with van der Waals surface area (Å²) in [6, 6.07) is 9.07. The largest absolute Gasteiger partial charge is 0.505 e. The first-order valence-corrected chi connectivity index (χ1v) is 13.3. The molecule has 0 aliphatic carbocycles. The van der Waals surface area contributed by atoms with Crippen molar-refractivity contribution < 1.29 is 31.8 Å². The molecule has 4 rings (SSSR count). The third kappa shape index (κ3) is 4.90. The van der Waals surface area contributed by atoms with Crippen LogP contribution < -0.4 is 9.46 Å². The second-order valence-corrected chi connectivity index (χ2v) is 11.0. The van der Waals surface area contributed by atoms with Crippen molar-refractivity contribution in [2.24, 2.45) is 0 Å². The molecular weight excluding hydrogens is 558 g/mol. The van der Waals surface area contributed by atoms with Gasteiger partial charge in [-0.05, 0) is 65.2 Å². The van der Waals surface area contributed by atoms with E-state index in [1.54, 1.807) is 19.1 Å². The maximum Gasteiger partial charge on any atom is 0.265 e. The van der Waals surface area contributed by atoms with Crippen molar-refractivity contribution in [3.8, 4) is 22.6 Å². The second kappa shape index (κ2) is 9.70. The van der Waals surface area contributed by atoms with Crippen molar-refractivity contribution in [3.63, 3.8) is 0 Å². The minimum Gasteiger partial charge on any atom is -0.505 e. The van der Waals surface area contributed by atoms with Crippen molar-refractivity contribution in [1.82, 2.24) is 4.90 Å². The topological polar surface area (TPSA) is 95.9 Å². The number of sulfonamides is 1. The zero-order valence-corrected chi connectivity index (χ0v) is 22.0. The number of nitrogens with zero attached hydrogens (tertiary/aromatic N) is 1. The highest BCUT2D eigenvalue weighted by Crippen LogP contribution is 2.38. The Morgan fingerprint density at radius 1 is 1.14 bits per heavy atom. The van der Waals surface area contributed by atoms with E-state index in [0.29, 0.717) is 18.1 Å². The molecule has 3 aromatic carbocycles. The fourth-order valence-corrected chi connectivity index (χ4v) is 5.78. The summed E-state index contributed by atoms with van der Waals surface area (Å²) >= 11 is 3.07. The van der Waals surface area contributed by atoms with Crippen LogP contribution in [-0.2, 0) is 16.4 Å². The van der Waals surface area contributed by atoms with Gasteiger partial charge in [-0.15, -0.1) is 0 Å². The van der Waals surface area contributed by atoms with E-state index in [1.807, 2.05) is 13.0 Å². The van der Waals surface area contributed by atoms with Crippen molar-refractivity contribution in [3.05, 3.63) is 69.7 Å². The molecular formula is C25H23BrF2N2O5S. The smallest absolute Gasteiger partial charge is 0.265 e. The number of aromatic hydroxyl groups is 1. The highest BCUT2D eigenvalue weighted by Gasteiger charge is 2.28. The molecule has 2 N–H and O–H groups in total. The molecule has 190 valence electrons. The number of benzene rings is 3. The summed E-state index contributed by atoms with van der Waals surface area (Å²) in [6.07, 6.45) is 0.0896. The van der Waals surface area contributed by atoms with Crippen LogP contribution >= 0.6 is 15.9 Å². The van der Waals surface area contributed by atoms with Crippen LogP contribution in [-0.4, -0.2) is 44.0 Å². The number of carbonyl (C=O) groups is 1. The molecule has 3 aromatic rings. The molecule has 11 heteroatoms. The highest BCUT2D eigenvalue weighted by molar-refractivity contribution is 9.10. The van der Waals surface area contributed by atoms with E-state index in [9.17, 15) is 22.7 Å². The summed E-state index contributed by atoms with van der Waals surface area (Å²) in [6.45, 7) is 3.76. The minimum atomic E-state index is -4.60. The third-order valence-electron chi connectivity index (χ3n) is 5.81. The van der Waals surface area contributed by atoms with Crippen LogP contribution in [0.4, 0.5) is 14.5 Å². The number of carbonyl (C=O) groups excluding carboxylic acids is 1. The summed E-state index contributed by atoms with van der Waals surface area (Å²) < 4.78 is 64.3. The van der Waals surface area contributed by atoms with Crippen LogP contribution in [0.2, 0.25) is 0 Å². The number of nitrogens with one attached hydrogen (secondary N) is 1. The monoisotopic (exact) mass is 580 g/mol. The van der Waals surface area contributed by atoms with Gasteiger partial charge >= 0.3 is 0 Å². The van der Waals surface area contributed by atoms with E-state index >= 15 is 4.39 Å². The van der Waals surface area contributed by atoms with Gasteiger partial charge in [0.1, 0.15) is 34.1 Å². The van der Waals surface area contributed by atoms with E-state index in [4.69, 9.17) is 4.74 Å². The number of phenols is 1. The molecule has 0 unspecified atom stereocenters. The molecule has 7 nitrogen and oxygen atoms in total. The number of phenolic OH excluding ortho intramolecular Hbond substituents is 1. The number of hydrogen-bond acceptors (Lipinski definition) is 5. The molecule has 0 aromatic heterocycles. The fourth-order valence-electron chi connectivity index (χ4n) is 3.99. The van der Waals surface area contributed by atoms with Gasteiger partial charge in [0.05, 0.1) is 16.7 Å². The predicted molar refractivity (Wildman–Crippen MR) is 135 cm³/mol. The lowest BCUT2D eigenvalue weighted by Gasteiger charge is -2.24. The van der Waals surface area contributed by atoms with Gasteiger partial charge in [0.2, 0.25) is 0 Å². The first-order valence-electron chi connectivity index (χ1n) is 11.0. The zero-order chi connectivity index (χ0) is 26.4. The molecule has 1 heterocycles. The lowest BCUT2D eigenvalue weighted by atomic mass is 9.99. The van der Waals surface area contributed by atoms with Crippen molar-refractivity contribution in [1.29, 1.82) is 0 Å². The molecule has 1 aliphatic rings. The molecule has 36 heavy (non-hydrogen) atoms. The number of aryl methyl sites for hydroxylation is 1. The standard InChI is InChI=1S/C25H23BrF2N2O5S/c1-4-14-5-6-22-17(7-14)16-10-21(20(28)11-19(16)27)29-36(33,34)23-9-15(8-18(26)24(23)31)25(32)30(3)12-13(2)35-22/h5-11,13,29,31H,4,12H2,1-3H3/t13-/m0/s1. The average molecular weight is 581 g/mol. The molecule has 0 radical (unpaired) electrons. The second-order valence-electron chi connectivity index (χ2n) is 8.52. The van der Waals surface area contributed by atoms with Crippen molar-refractivity contribution in [2.45, 2.75) is 31.3 Å². The summed E-state index contributed by atoms with van der Waals surface area (Å²) in [5, 5.41) is 10.4. The van der Waals surface area contributed by atoms with Crippen LogP contribution in [0.5, 0.6) is 11.5 Å². The van der Waals surface area contributed by atoms with Gasteiger partial charge in [0.15, 0.2) is 0 Å². The molecule has 1 atom stereocenters. The van der Waals surface area contributed by atoms with E-state index in [-0.39, 0.29) is 27.9 Å². The molecule has 0 fully saturated rings. The lowest BCUT2D eigenvalue weighted by Crippen LogP contribution is -2.35. The summed E-state index contributed by atoms with van der Waals surface area (Å²) in [5.74, 6) is -2.97. The van der Waals surface area contributed by atoms with Gasteiger partial charge in [0.25, 0.3) is 15.9 Å². The fraction of sp³-hybridized carbons (Fsp3) is 0.240. The maximum atomic E-state index is 15.0. The number of halogens is 3. The van der Waals surface area contributed by atoms with E-state index in [2.05, 4.69) is 20.7 Å². The Morgan fingerprint density at radius 3 is 2.56 bits per heavy atom. The first kappa shape index (κ1) is 25.9. The Hall–Kier alpha value is -3.18. The van der Waals surface area contributed by atoms with Crippen LogP contribution in [0.3, 0.4) is 0 Å².